The number of hydrogen-bond donors (Lipinski definition) is 1. The van der Waals surface area contributed by atoms with E-state index in [1.807, 2.05) is 27.7 Å². The fraction of sp³-hybridized carbons (Fsp3) is 1.00. The van der Waals surface area contributed by atoms with Crippen molar-refractivity contribution in [1.82, 2.24) is 15.1 Å². The zero-order valence-corrected chi connectivity index (χ0v) is 16.2. The average molecular weight is 302 g/mol. The predicted molar refractivity (Wildman–Crippen MR) is 98.2 cm³/mol. The molecule has 0 aromatic rings. The highest BCUT2D eigenvalue weighted by atomic mass is 15.2. The highest BCUT2D eigenvalue weighted by molar-refractivity contribution is 4.70. The lowest BCUT2D eigenvalue weighted by atomic mass is 10.3. The van der Waals surface area contributed by atoms with Crippen LogP contribution < -0.4 is 5.32 Å². The molecule has 0 unspecified atom stereocenters. The summed E-state index contributed by atoms with van der Waals surface area (Å²) in [5.74, 6) is 0. The normalized spacial score (nSPS) is 19.1. The van der Waals surface area contributed by atoms with Crippen LogP contribution in [0.3, 0.4) is 0 Å². The van der Waals surface area contributed by atoms with Gasteiger partial charge in [-0.15, -0.1) is 0 Å². The van der Waals surface area contributed by atoms with E-state index < -0.39 is 0 Å². The molecule has 3 nitrogen and oxygen atoms in total. The second kappa shape index (κ2) is 16.3. The first kappa shape index (κ1) is 23.2. The Morgan fingerprint density at radius 1 is 0.619 bits per heavy atom. The van der Waals surface area contributed by atoms with Gasteiger partial charge in [-0.2, -0.15) is 0 Å². The Bertz CT molecular complexity index is 181. The molecule has 2 aliphatic rings. The first-order chi connectivity index (χ1) is 10.1. The number of nitrogens with one attached hydrogen (secondary N) is 1. The third-order valence-electron chi connectivity index (χ3n) is 3.75. The Kier molecular flexibility index (Phi) is 17.9. The van der Waals surface area contributed by atoms with Crippen molar-refractivity contribution in [3.8, 4) is 0 Å². The van der Waals surface area contributed by atoms with Crippen LogP contribution in [0.5, 0.6) is 0 Å². The van der Waals surface area contributed by atoms with E-state index in [2.05, 4.69) is 42.8 Å². The molecular formula is C18H43N3. The molecule has 0 aliphatic carbocycles. The van der Waals surface area contributed by atoms with E-state index in [1.165, 1.54) is 39.0 Å². The molecule has 2 saturated heterocycles. The van der Waals surface area contributed by atoms with Crippen LogP contribution in [-0.2, 0) is 0 Å². The van der Waals surface area contributed by atoms with Crippen LogP contribution in [0.2, 0.25) is 0 Å². The molecule has 0 atom stereocenters. The van der Waals surface area contributed by atoms with Gasteiger partial charge in [0.05, 0.1) is 0 Å². The number of rotatable bonds is 2. The molecule has 2 fully saturated rings. The molecule has 2 rings (SSSR count). The van der Waals surface area contributed by atoms with Gasteiger partial charge in [0.15, 0.2) is 0 Å². The standard InChI is InChI=1S/C7H16N2.C7H15N.2C2H6/c1-7(2)9-5-3-8-4-6-9;1-7(2)8-5-3-4-6-8;2*1-2/h7-8H,3-6H2,1-2H3;7H,3-6H2,1-2H3;2*1-2H3. The minimum absolute atomic E-state index is 0.729. The van der Waals surface area contributed by atoms with E-state index in [0.29, 0.717) is 0 Å². The van der Waals surface area contributed by atoms with Crippen LogP contribution in [0, 0.1) is 0 Å². The maximum absolute atomic E-state index is 3.33. The van der Waals surface area contributed by atoms with Crippen molar-refractivity contribution in [3.63, 3.8) is 0 Å². The Morgan fingerprint density at radius 2 is 0.952 bits per heavy atom. The van der Waals surface area contributed by atoms with Crippen molar-refractivity contribution in [2.24, 2.45) is 0 Å². The van der Waals surface area contributed by atoms with Crippen LogP contribution in [0.4, 0.5) is 0 Å². The van der Waals surface area contributed by atoms with Gasteiger partial charge < -0.3 is 10.2 Å². The number of piperazine rings is 1. The third kappa shape index (κ3) is 12.1. The van der Waals surface area contributed by atoms with Crippen molar-refractivity contribution in [2.45, 2.75) is 80.3 Å². The Labute approximate surface area is 135 Å². The van der Waals surface area contributed by atoms with Crippen LogP contribution in [-0.4, -0.2) is 61.2 Å². The van der Waals surface area contributed by atoms with Crippen LogP contribution in [0.25, 0.3) is 0 Å². The zero-order chi connectivity index (χ0) is 16.7. The summed E-state index contributed by atoms with van der Waals surface area (Å²) < 4.78 is 0. The molecule has 21 heavy (non-hydrogen) atoms. The number of hydrogen-bond acceptors (Lipinski definition) is 3. The van der Waals surface area contributed by atoms with Crippen LogP contribution >= 0.6 is 0 Å². The van der Waals surface area contributed by atoms with E-state index in [1.54, 1.807) is 0 Å². The predicted octanol–water partition coefficient (Wildman–Crippen LogP) is 3.84. The molecule has 2 heterocycles. The molecule has 2 aliphatic heterocycles. The Morgan fingerprint density at radius 3 is 1.19 bits per heavy atom. The van der Waals surface area contributed by atoms with Gasteiger partial charge in [0.1, 0.15) is 0 Å². The lowest BCUT2D eigenvalue weighted by Gasteiger charge is -2.30. The summed E-state index contributed by atoms with van der Waals surface area (Å²) >= 11 is 0. The van der Waals surface area contributed by atoms with Gasteiger partial charge in [0.2, 0.25) is 0 Å². The largest absolute Gasteiger partial charge is 0.314 e. The highest BCUT2D eigenvalue weighted by Crippen LogP contribution is 2.09. The van der Waals surface area contributed by atoms with Gasteiger partial charge in [-0.1, -0.05) is 27.7 Å². The third-order valence-corrected chi connectivity index (χ3v) is 3.75. The molecular weight excluding hydrogens is 258 g/mol. The SMILES string of the molecule is CC.CC.CC(C)N1CCCC1.CC(C)N1CCNCC1. The highest BCUT2D eigenvalue weighted by Gasteiger charge is 2.13. The molecule has 0 saturated carbocycles. The lowest BCUT2D eigenvalue weighted by Crippen LogP contribution is -2.46. The maximum atomic E-state index is 3.33. The summed E-state index contributed by atoms with van der Waals surface area (Å²) in [4.78, 5) is 5.02. The van der Waals surface area contributed by atoms with E-state index in [-0.39, 0.29) is 0 Å². The maximum Gasteiger partial charge on any atom is 0.0110 e. The van der Waals surface area contributed by atoms with Crippen molar-refractivity contribution in [1.29, 1.82) is 0 Å². The molecule has 0 amide bonds. The summed E-state index contributed by atoms with van der Waals surface area (Å²) in [5, 5.41) is 3.33. The van der Waals surface area contributed by atoms with E-state index in [9.17, 15) is 0 Å². The van der Waals surface area contributed by atoms with Crippen molar-refractivity contribution < 1.29 is 0 Å². The zero-order valence-electron chi connectivity index (χ0n) is 16.2. The van der Waals surface area contributed by atoms with Crippen molar-refractivity contribution >= 4 is 0 Å². The molecule has 0 aromatic heterocycles. The summed E-state index contributed by atoms with van der Waals surface area (Å²) in [7, 11) is 0. The van der Waals surface area contributed by atoms with Gasteiger partial charge in [-0.25, -0.2) is 0 Å². The minimum Gasteiger partial charge on any atom is -0.314 e. The minimum atomic E-state index is 0.729. The topological polar surface area (TPSA) is 18.5 Å². The smallest absolute Gasteiger partial charge is 0.0110 e. The van der Waals surface area contributed by atoms with Gasteiger partial charge in [0.25, 0.3) is 0 Å². The number of nitrogens with zero attached hydrogens (tertiary/aromatic N) is 2. The summed E-state index contributed by atoms with van der Waals surface area (Å²) in [6.07, 6.45) is 2.83. The van der Waals surface area contributed by atoms with Crippen molar-refractivity contribution in [3.05, 3.63) is 0 Å². The van der Waals surface area contributed by atoms with E-state index >= 15 is 0 Å². The quantitative estimate of drug-likeness (QED) is 0.836. The lowest BCUT2D eigenvalue weighted by molar-refractivity contribution is 0.196. The second-order valence-corrected chi connectivity index (χ2v) is 5.72. The van der Waals surface area contributed by atoms with E-state index in [4.69, 9.17) is 0 Å². The van der Waals surface area contributed by atoms with Gasteiger partial charge in [0, 0.05) is 38.3 Å². The second-order valence-electron chi connectivity index (χ2n) is 5.72. The fourth-order valence-electron chi connectivity index (χ4n) is 2.46. The Hall–Kier alpha value is -0.120. The molecule has 130 valence electrons. The first-order valence-corrected chi connectivity index (χ1v) is 9.30. The first-order valence-electron chi connectivity index (χ1n) is 9.30. The molecule has 3 heteroatoms. The fourth-order valence-corrected chi connectivity index (χ4v) is 2.46. The van der Waals surface area contributed by atoms with E-state index in [0.717, 1.165) is 25.2 Å². The molecule has 0 radical (unpaired) electrons. The van der Waals surface area contributed by atoms with Crippen LogP contribution in [0.15, 0.2) is 0 Å². The van der Waals surface area contributed by atoms with Gasteiger partial charge in [-0.05, 0) is 53.6 Å². The van der Waals surface area contributed by atoms with Crippen molar-refractivity contribution in [2.75, 3.05) is 39.3 Å². The monoisotopic (exact) mass is 301 g/mol. The molecule has 1 N–H and O–H groups in total. The summed E-state index contributed by atoms with van der Waals surface area (Å²) in [5.41, 5.74) is 0. The van der Waals surface area contributed by atoms with Gasteiger partial charge in [-0.3, -0.25) is 4.90 Å². The molecule has 0 bridgehead atoms. The number of likely N-dealkylation sites (tertiary alicyclic amines) is 1. The summed E-state index contributed by atoms with van der Waals surface area (Å²) in [6.45, 7) is 24.5. The molecule has 0 spiro atoms. The molecule has 0 aromatic carbocycles. The van der Waals surface area contributed by atoms with Crippen LogP contribution in [0.1, 0.15) is 68.2 Å². The summed E-state index contributed by atoms with van der Waals surface area (Å²) in [6, 6.07) is 1.50. The average Bonchev–Trinajstić information content (AvgIpc) is 3.07. The Balaban J connectivity index is 0. The van der Waals surface area contributed by atoms with Gasteiger partial charge >= 0.3 is 0 Å².